The first-order chi connectivity index (χ1) is 7.86. The Morgan fingerprint density at radius 3 is 2.81 bits per heavy atom. The third-order valence-corrected chi connectivity index (χ3v) is 3.16. The fraction of sp³-hybridized carbons (Fsp3) is 0.455. The van der Waals surface area contributed by atoms with Gasteiger partial charge in [0.25, 0.3) is 0 Å². The quantitative estimate of drug-likeness (QED) is 0.721. The number of hydrogen-bond acceptors (Lipinski definition) is 4. The van der Waals surface area contributed by atoms with Gasteiger partial charge in [0.15, 0.2) is 0 Å². The topological polar surface area (TPSA) is 60.7 Å². The van der Waals surface area contributed by atoms with E-state index in [0.29, 0.717) is 5.65 Å². The highest BCUT2D eigenvalue weighted by Crippen LogP contribution is 2.29. The molecule has 0 aromatic carbocycles. The molecule has 0 spiro atoms. The average Bonchev–Trinajstić information content (AvgIpc) is 2.82. The van der Waals surface area contributed by atoms with E-state index in [2.05, 4.69) is 15.0 Å². The zero-order valence-corrected chi connectivity index (χ0v) is 8.83. The fourth-order valence-corrected chi connectivity index (χ4v) is 2.40. The van der Waals surface area contributed by atoms with Crippen LogP contribution in [-0.4, -0.2) is 19.5 Å². The molecule has 1 fully saturated rings. The van der Waals surface area contributed by atoms with E-state index in [4.69, 9.17) is 0 Å². The Morgan fingerprint density at radius 2 is 2.00 bits per heavy atom. The first-order valence-electron chi connectivity index (χ1n) is 5.53. The van der Waals surface area contributed by atoms with Crippen molar-refractivity contribution in [2.75, 3.05) is 0 Å². The van der Waals surface area contributed by atoms with E-state index >= 15 is 0 Å². The summed E-state index contributed by atoms with van der Waals surface area (Å²) in [5.74, 6) is 0. The van der Waals surface area contributed by atoms with Crippen LogP contribution in [0.15, 0.2) is 23.5 Å². The van der Waals surface area contributed by atoms with Gasteiger partial charge in [0, 0.05) is 18.4 Å². The molecule has 3 rings (SSSR count). The highest BCUT2D eigenvalue weighted by atomic mass is 16.1. The Kier molecular flexibility index (Phi) is 2.16. The van der Waals surface area contributed by atoms with Crippen LogP contribution in [0.1, 0.15) is 31.7 Å². The molecule has 16 heavy (non-hydrogen) atoms. The van der Waals surface area contributed by atoms with Gasteiger partial charge in [-0.2, -0.15) is 0 Å². The average molecular weight is 216 g/mol. The number of rotatable bonds is 1. The molecule has 0 atom stereocenters. The van der Waals surface area contributed by atoms with Gasteiger partial charge in [0.1, 0.15) is 12.0 Å². The molecule has 0 saturated heterocycles. The van der Waals surface area contributed by atoms with Crippen molar-refractivity contribution in [2.24, 2.45) is 0 Å². The second-order valence-electron chi connectivity index (χ2n) is 4.15. The molecule has 1 saturated carbocycles. The minimum absolute atomic E-state index is 0.196. The molecule has 5 nitrogen and oxygen atoms in total. The van der Waals surface area contributed by atoms with Gasteiger partial charge in [0.2, 0.25) is 0 Å². The van der Waals surface area contributed by atoms with Crippen LogP contribution in [0.5, 0.6) is 0 Å². The molecule has 0 aliphatic heterocycles. The van der Waals surface area contributed by atoms with Crippen LogP contribution in [0.25, 0.3) is 11.0 Å². The zero-order valence-electron chi connectivity index (χ0n) is 8.83. The monoisotopic (exact) mass is 216 g/mol. The Balaban J connectivity index is 2.27. The van der Waals surface area contributed by atoms with Crippen LogP contribution in [0.3, 0.4) is 0 Å². The lowest BCUT2D eigenvalue weighted by atomic mass is 10.2. The second-order valence-corrected chi connectivity index (χ2v) is 4.15. The Bertz CT molecular complexity index is 571. The molecular formula is C11H12N4O. The van der Waals surface area contributed by atoms with Crippen molar-refractivity contribution >= 4 is 11.0 Å². The predicted octanol–water partition coefficient (Wildman–Crippen LogP) is 1.30. The van der Waals surface area contributed by atoms with E-state index in [9.17, 15) is 4.79 Å². The molecular weight excluding hydrogens is 204 g/mol. The van der Waals surface area contributed by atoms with Crippen LogP contribution in [-0.2, 0) is 0 Å². The van der Waals surface area contributed by atoms with Crippen LogP contribution >= 0.6 is 0 Å². The first kappa shape index (κ1) is 9.45. The van der Waals surface area contributed by atoms with Crippen molar-refractivity contribution in [2.45, 2.75) is 31.7 Å². The summed E-state index contributed by atoms with van der Waals surface area (Å²) in [7, 11) is 0. The van der Waals surface area contributed by atoms with Crippen LogP contribution in [0, 0.1) is 0 Å². The minimum Gasteiger partial charge on any atom is -0.273 e. The molecule has 0 unspecified atom stereocenters. The molecule has 2 aromatic rings. The largest absolute Gasteiger partial charge is 0.349 e. The highest BCUT2D eigenvalue weighted by molar-refractivity contribution is 5.72. The van der Waals surface area contributed by atoms with E-state index in [0.717, 1.165) is 18.2 Å². The van der Waals surface area contributed by atoms with E-state index < -0.39 is 0 Å². The molecule has 82 valence electrons. The summed E-state index contributed by atoms with van der Waals surface area (Å²) in [4.78, 5) is 23.8. The molecule has 2 aromatic heterocycles. The number of hydrogen-bond donors (Lipinski definition) is 0. The number of aromatic nitrogens is 4. The molecule has 0 radical (unpaired) electrons. The van der Waals surface area contributed by atoms with Crippen molar-refractivity contribution in [3.63, 3.8) is 0 Å². The van der Waals surface area contributed by atoms with Gasteiger partial charge in [-0.1, -0.05) is 12.8 Å². The maximum absolute atomic E-state index is 11.8. The molecule has 0 bridgehead atoms. The van der Waals surface area contributed by atoms with Crippen LogP contribution in [0.4, 0.5) is 0 Å². The highest BCUT2D eigenvalue weighted by Gasteiger charge is 2.20. The number of nitrogens with zero attached hydrogens (tertiary/aromatic N) is 4. The van der Waals surface area contributed by atoms with Crippen molar-refractivity contribution in [3.05, 3.63) is 29.2 Å². The normalized spacial score (nSPS) is 17.0. The maximum Gasteiger partial charge on any atom is 0.349 e. The van der Waals surface area contributed by atoms with Gasteiger partial charge in [-0.3, -0.25) is 4.57 Å². The fourth-order valence-electron chi connectivity index (χ4n) is 2.40. The van der Waals surface area contributed by atoms with E-state index in [1.54, 1.807) is 17.0 Å². The standard InChI is InChI=1S/C11H12N4O/c16-11-13-6-8-5-12-7-14-10(8)15(11)9-3-1-2-4-9/h5-7,9H,1-4H2. The van der Waals surface area contributed by atoms with Crippen LogP contribution < -0.4 is 5.69 Å². The molecule has 2 heterocycles. The molecule has 1 aliphatic carbocycles. The number of fused-ring (bicyclic) bond motifs is 1. The first-order valence-corrected chi connectivity index (χ1v) is 5.53. The van der Waals surface area contributed by atoms with E-state index in [-0.39, 0.29) is 11.7 Å². The second kappa shape index (κ2) is 3.66. The van der Waals surface area contributed by atoms with Crippen molar-refractivity contribution < 1.29 is 0 Å². The summed E-state index contributed by atoms with van der Waals surface area (Å²) in [6.45, 7) is 0. The van der Waals surface area contributed by atoms with Crippen molar-refractivity contribution in [1.29, 1.82) is 0 Å². The maximum atomic E-state index is 11.8. The smallest absolute Gasteiger partial charge is 0.273 e. The van der Waals surface area contributed by atoms with Gasteiger partial charge in [0.05, 0.1) is 5.39 Å². The van der Waals surface area contributed by atoms with Gasteiger partial charge in [-0.25, -0.2) is 19.7 Å². The summed E-state index contributed by atoms with van der Waals surface area (Å²) in [5, 5.41) is 0.828. The molecule has 1 aliphatic rings. The summed E-state index contributed by atoms with van der Waals surface area (Å²) < 4.78 is 1.73. The Labute approximate surface area is 92.2 Å². The Morgan fingerprint density at radius 1 is 1.19 bits per heavy atom. The molecule has 0 N–H and O–H groups in total. The van der Waals surface area contributed by atoms with E-state index in [1.807, 2.05) is 0 Å². The summed E-state index contributed by atoms with van der Waals surface area (Å²) in [5.41, 5.74) is 0.514. The van der Waals surface area contributed by atoms with Gasteiger partial charge >= 0.3 is 5.69 Å². The lowest BCUT2D eigenvalue weighted by Crippen LogP contribution is -2.26. The molecule has 0 amide bonds. The zero-order chi connectivity index (χ0) is 11.0. The third kappa shape index (κ3) is 1.39. The summed E-state index contributed by atoms with van der Waals surface area (Å²) in [6, 6.07) is 0.263. The van der Waals surface area contributed by atoms with Gasteiger partial charge in [-0.05, 0) is 12.8 Å². The Hall–Kier alpha value is -1.78. The minimum atomic E-state index is -0.196. The van der Waals surface area contributed by atoms with Gasteiger partial charge in [-0.15, -0.1) is 0 Å². The third-order valence-electron chi connectivity index (χ3n) is 3.16. The van der Waals surface area contributed by atoms with E-state index in [1.165, 1.54) is 19.2 Å². The van der Waals surface area contributed by atoms with Gasteiger partial charge < -0.3 is 0 Å². The lowest BCUT2D eigenvalue weighted by Gasteiger charge is -2.14. The van der Waals surface area contributed by atoms with Crippen molar-refractivity contribution in [3.8, 4) is 0 Å². The van der Waals surface area contributed by atoms with Crippen molar-refractivity contribution in [1.82, 2.24) is 19.5 Å². The lowest BCUT2D eigenvalue weighted by molar-refractivity contribution is 0.506. The summed E-state index contributed by atoms with van der Waals surface area (Å²) >= 11 is 0. The SMILES string of the molecule is O=c1ncc2cncnc2n1C1CCCC1. The summed E-state index contributed by atoms with van der Waals surface area (Å²) in [6.07, 6.45) is 9.17. The molecule has 5 heteroatoms. The predicted molar refractivity (Wildman–Crippen MR) is 59.1 cm³/mol. The van der Waals surface area contributed by atoms with Crippen LogP contribution in [0.2, 0.25) is 0 Å².